The maximum Gasteiger partial charge on any atom is 0.342 e. The molecule has 25 heavy (non-hydrogen) atoms. The molecule has 0 aliphatic heterocycles. The van der Waals surface area contributed by atoms with Gasteiger partial charge in [0.1, 0.15) is 5.56 Å². The number of carboxylic acid groups (broad SMARTS) is 1. The van der Waals surface area contributed by atoms with Crippen molar-refractivity contribution in [1.29, 1.82) is 0 Å². The van der Waals surface area contributed by atoms with Gasteiger partial charge in [0.2, 0.25) is 5.78 Å². The van der Waals surface area contributed by atoms with Gasteiger partial charge < -0.3 is 9.67 Å². The predicted molar refractivity (Wildman–Crippen MR) is 91.3 cm³/mol. The second-order valence-corrected chi connectivity index (χ2v) is 6.62. The van der Waals surface area contributed by atoms with Gasteiger partial charge in [-0.15, -0.1) is 5.10 Å². The summed E-state index contributed by atoms with van der Waals surface area (Å²) in [6.07, 6.45) is 4.00. The number of hydrogen-bond donors (Lipinski definition) is 1. The van der Waals surface area contributed by atoms with Crippen LogP contribution in [0.25, 0.3) is 5.78 Å². The van der Waals surface area contributed by atoms with E-state index in [-0.39, 0.29) is 11.5 Å². The summed E-state index contributed by atoms with van der Waals surface area (Å²) < 4.78 is 2.79. The average Bonchev–Trinajstić information content (AvgIpc) is 3.34. The monoisotopic (exact) mass is 358 g/mol. The zero-order chi connectivity index (χ0) is 17.6. The minimum atomic E-state index is -1.27. The molecule has 4 rings (SSSR count). The Bertz CT molecular complexity index is 1020. The molecular formula is C17H15ClN4O3. The quantitative estimate of drug-likeness (QED) is 0.756. The van der Waals surface area contributed by atoms with Crippen molar-refractivity contribution in [2.45, 2.75) is 31.7 Å². The van der Waals surface area contributed by atoms with E-state index >= 15 is 0 Å². The molecular weight excluding hydrogens is 344 g/mol. The van der Waals surface area contributed by atoms with Crippen LogP contribution in [-0.4, -0.2) is 30.2 Å². The van der Waals surface area contributed by atoms with E-state index in [0.29, 0.717) is 29.6 Å². The zero-order valence-corrected chi connectivity index (χ0v) is 14.0. The highest BCUT2D eigenvalue weighted by Gasteiger charge is 2.29. The first-order valence-electron chi connectivity index (χ1n) is 8.01. The number of fused-ring (bicyclic) bond motifs is 1. The summed E-state index contributed by atoms with van der Waals surface area (Å²) in [6.45, 7) is 0.481. The van der Waals surface area contributed by atoms with E-state index in [1.807, 2.05) is 24.3 Å². The van der Waals surface area contributed by atoms with Gasteiger partial charge >= 0.3 is 5.97 Å². The smallest absolute Gasteiger partial charge is 0.342 e. The number of hydrogen-bond acceptors (Lipinski definition) is 4. The van der Waals surface area contributed by atoms with Gasteiger partial charge in [-0.3, -0.25) is 4.79 Å². The molecule has 0 bridgehead atoms. The molecule has 1 saturated carbocycles. The number of rotatable bonds is 5. The molecule has 2 heterocycles. The number of benzene rings is 1. The lowest BCUT2D eigenvalue weighted by Gasteiger charge is -2.09. The van der Waals surface area contributed by atoms with E-state index < -0.39 is 11.5 Å². The van der Waals surface area contributed by atoms with E-state index in [1.165, 1.54) is 6.20 Å². The third kappa shape index (κ3) is 3.02. The number of aryl methyl sites for hydroxylation is 2. The van der Waals surface area contributed by atoms with Gasteiger partial charge in [0.25, 0.3) is 5.56 Å². The van der Waals surface area contributed by atoms with Gasteiger partial charge in [0.05, 0.1) is 0 Å². The Labute approximate surface area is 147 Å². The normalized spacial score (nSPS) is 14.1. The molecule has 0 saturated heterocycles. The highest BCUT2D eigenvalue weighted by atomic mass is 35.5. The SMILES string of the molecule is O=C(O)c1cn(CCc2ccc(Cl)cc2)c2nc(C3CC3)nn2c1=O. The first kappa shape index (κ1) is 15.8. The van der Waals surface area contributed by atoms with Gasteiger partial charge in [0.15, 0.2) is 5.82 Å². The average molecular weight is 359 g/mol. The highest BCUT2D eigenvalue weighted by Crippen LogP contribution is 2.38. The van der Waals surface area contributed by atoms with E-state index in [2.05, 4.69) is 10.1 Å². The molecule has 3 aromatic rings. The van der Waals surface area contributed by atoms with Crippen molar-refractivity contribution in [3.63, 3.8) is 0 Å². The molecule has 128 valence electrons. The molecule has 7 nitrogen and oxygen atoms in total. The fraction of sp³-hybridized carbons (Fsp3) is 0.294. The van der Waals surface area contributed by atoms with Crippen molar-refractivity contribution >= 4 is 23.3 Å². The molecule has 0 amide bonds. The number of aromatic carboxylic acids is 1. The number of carbonyl (C=O) groups is 1. The topological polar surface area (TPSA) is 89.5 Å². The lowest BCUT2D eigenvalue weighted by molar-refractivity contribution is 0.0693. The molecule has 0 spiro atoms. The van der Waals surface area contributed by atoms with Gasteiger partial charge in [-0.2, -0.15) is 9.50 Å². The third-order valence-corrected chi connectivity index (χ3v) is 4.55. The van der Waals surface area contributed by atoms with E-state index in [1.54, 1.807) is 4.57 Å². The van der Waals surface area contributed by atoms with E-state index in [9.17, 15) is 14.7 Å². The molecule has 1 N–H and O–H groups in total. The van der Waals surface area contributed by atoms with Crippen LogP contribution >= 0.6 is 11.6 Å². The molecule has 0 atom stereocenters. The molecule has 1 aliphatic rings. The largest absolute Gasteiger partial charge is 0.477 e. The molecule has 0 radical (unpaired) electrons. The predicted octanol–water partition coefficient (Wildman–Crippen LogP) is 2.36. The molecule has 0 unspecified atom stereocenters. The Morgan fingerprint density at radius 1 is 1.28 bits per heavy atom. The van der Waals surface area contributed by atoms with Crippen LogP contribution in [0, 0.1) is 0 Å². The fourth-order valence-electron chi connectivity index (χ4n) is 2.75. The second kappa shape index (κ2) is 6.00. The van der Waals surface area contributed by atoms with Crippen LogP contribution in [-0.2, 0) is 13.0 Å². The van der Waals surface area contributed by atoms with Crippen molar-refractivity contribution in [2.75, 3.05) is 0 Å². The van der Waals surface area contributed by atoms with Crippen molar-refractivity contribution in [3.8, 4) is 0 Å². The first-order valence-corrected chi connectivity index (χ1v) is 8.38. The maximum atomic E-state index is 12.3. The van der Waals surface area contributed by atoms with Gasteiger partial charge in [-0.25, -0.2) is 4.79 Å². The summed E-state index contributed by atoms with van der Waals surface area (Å²) in [4.78, 5) is 28.2. The lowest BCUT2D eigenvalue weighted by atomic mass is 10.1. The zero-order valence-electron chi connectivity index (χ0n) is 13.2. The summed E-state index contributed by atoms with van der Waals surface area (Å²) in [5.74, 6) is -0.00125. The van der Waals surface area contributed by atoms with Crippen LogP contribution < -0.4 is 5.56 Å². The van der Waals surface area contributed by atoms with Gasteiger partial charge in [0, 0.05) is 23.7 Å². The standard InChI is InChI=1S/C17H15ClN4O3/c18-12-5-1-10(2-6-12)7-8-21-9-13(16(24)25)15(23)22-17(21)19-14(20-22)11-3-4-11/h1-2,5-6,9,11H,3-4,7-8H2,(H,24,25). The number of nitrogens with zero attached hydrogens (tertiary/aromatic N) is 4. The van der Waals surface area contributed by atoms with Gasteiger partial charge in [-0.05, 0) is 37.0 Å². The maximum absolute atomic E-state index is 12.3. The van der Waals surface area contributed by atoms with Crippen molar-refractivity contribution < 1.29 is 9.90 Å². The van der Waals surface area contributed by atoms with Crippen molar-refractivity contribution in [1.82, 2.24) is 19.2 Å². The third-order valence-electron chi connectivity index (χ3n) is 4.30. The lowest BCUT2D eigenvalue weighted by Crippen LogP contribution is -2.26. The Morgan fingerprint density at radius 3 is 2.64 bits per heavy atom. The van der Waals surface area contributed by atoms with Crippen LogP contribution in [0.1, 0.15) is 40.5 Å². The van der Waals surface area contributed by atoms with Crippen molar-refractivity contribution in [2.24, 2.45) is 0 Å². The van der Waals surface area contributed by atoms with Crippen LogP contribution in [0.4, 0.5) is 0 Å². The summed E-state index contributed by atoms with van der Waals surface area (Å²) >= 11 is 5.89. The fourth-order valence-corrected chi connectivity index (χ4v) is 2.88. The summed E-state index contributed by atoms with van der Waals surface area (Å²) in [5.41, 5.74) is 0.0977. The second-order valence-electron chi connectivity index (χ2n) is 6.18. The van der Waals surface area contributed by atoms with E-state index in [0.717, 1.165) is 22.9 Å². The highest BCUT2D eigenvalue weighted by molar-refractivity contribution is 6.30. The Hall–Kier alpha value is -2.67. The molecule has 1 aliphatic carbocycles. The summed E-state index contributed by atoms with van der Waals surface area (Å²) in [7, 11) is 0. The van der Waals surface area contributed by atoms with Crippen LogP contribution in [0.5, 0.6) is 0 Å². The Balaban J connectivity index is 1.75. The summed E-state index contributed by atoms with van der Waals surface area (Å²) in [5, 5.41) is 14.2. The van der Waals surface area contributed by atoms with Crippen LogP contribution in [0.2, 0.25) is 5.02 Å². The number of carboxylic acids is 1. The first-order chi connectivity index (χ1) is 12.0. The number of aromatic nitrogens is 4. The Morgan fingerprint density at radius 2 is 2.00 bits per heavy atom. The van der Waals surface area contributed by atoms with Crippen LogP contribution in [0.15, 0.2) is 35.3 Å². The Kier molecular flexibility index (Phi) is 3.80. The van der Waals surface area contributed by atoms with Crippen molar-refractivity contribution in [3.05, 3.63) is 62.8 Å². The minimum Gasteiger partial charge on any atom is -0.477 e. The summed E-state index contributed by atoms with van der Waals surface area (Å²) in [6, 6.07) is 7.45. The minimum absolute atomic E-state index is 0.275. The van der Waals surface area contributed by atoms with E-state index in [4.69, 9.17) is 11.6 Å². The van der Waals surface area contributed by atoms with Gasteiger partial charge in [-0.1, -0.05) is 23.7 Å². The molecule has 1 fully saturated rings. The molecule has 1 aromatic carbocycles. The number of halogens is 1. The molecule has 2 aromatic heterocycles. The van der Waals surface area contributed by atoms with Crippen LogP contribution in [0.3, 0.4) is 0 Å². The molecule has 8 heteroatoms.